The van der Waals surface area contributed by atoms with Crippen LogP contribution < -0.4 is 5.63 Å². The van der Waals surface area contributed by atoms with Crippen LogP contribution in [0.3, 0.4) is 0 Å². The van der Waals surface area contributed by atoms with E-state index >= 15 is 0 Å². The van der Waals surface area contributed by atoms with E-state index in [0.717, 1.165) is 50.5 Å². The number of fused-ring (bicyclic) bond motifs is 3. The Hall–Kier alpha value is -1.17. The first kappa shape index (κ1) is 18.6. The Bertz CT molecular complexity index is 875. The molecular formula is C24H32O5. The first-order chi connectivity index (χ1) is 13.8. The topological polar surface area (TPSA) is 83.2 Å². The maximum atomic E-state index is 11.5. The van der Waals surface area contributed by atoms with E-state index < -0.39 is 0 Å². The Labute approximate surface area is 171 Å². The molecule has 1 aliphatic heterocycles. The number of hydrogen-bond acceptors (Lipinski definition) is 5. The molecular weight excluding hydrogens is 368 g/mol. The summed E-state index contributed by atoms with van der Waals surface area (Å²) in [5.41, 5.74) is 0.541. The Morgan fingerprint density at radius 2 is 1.93 bits per heavy atom. The van der Waals surface area contributed by atoms with E-state index in [0.29, 0.717) is 11.8 Å². The molecule has 2 N–H and O–H groups in total. The SMILES string of the molecule is C[C@]12CC[C@H](O)C[C@H]1CC[C@@H]1[C@@H]2C(O)C[C@]2(C)[C@@H](c3ccc(=O)oc3)C[C@H]3O[C@]132. The molecule has 1 aromatic heterocycles. The minimum absolute atomic E-state index is 0.0891. The lowest BCUT2D eigenvalue weighted by molar-refractivity contribution is -0.186. The third-order valence-corrected chi connectivity index (χ3v) is 10.1. The molecule has 1 spiro atoms. The highest BCUT2D eigenvalue weighted by Crippen LogP contribution is 2.77. The summed E-state index contributed by atoms with van der Waals surface area (Å²) >= 11 is 0. The zero-order valence-corrected chi connectivity index (χ0v) is 17.3. The molecule has 4 saturated carbocycles. The fourth-order valence-corrected chi connectivity index (χ4v) is 8.85. The minimum atomic E-state index is -0.347. The summed E-state index contributed by atoms with van der Waals surface area (Å²) in [5.74, 6) is 1.37. The van der Waals surface area contributed by atoms with E-state index in [2.05, 4.69) is 13.8 Å². The lowest BCUT2D eigenvalue weighted by Gasteiger charge is -2.62. The van der Waals surface area contributed by atoms with Crippen LogP contribution in [0.1, 0.15) is 70.3 Å². The number of aliphatic hydroxyl groups is 2. The molecule has 5 fully saturated rings. The zero-order chi connectivity index (χ0) is 20.2. The summed E-state index contributed by atoms with van der Waals surface area (Å²) in [4.78, 5) is 11.5. The first-order valence-electron chi connectivity index (χ1n) is 11.4. The summed E-state index contributed by atoms with van der Waals surface area (Å²) in [7, 11) is 0. The molecule has 5 heteroatoms. The molecule has 158 valence electrons. The number of ether oxygens (including phenoxy) is 1. The highest BCUT2D eigenvalue weighted by atomic mass is 16.6. The molecule has 2 heterocycles. The molecule has 29 heavy (non-hydrogen) atoms. The smallest absolute Gasteiger partial charge is 0.335 e. The average Bonchev–Trinajstić information content (AvgIpc) is 3.35. The van der Waals surface area contributed by atoms with Crippen molar-refractivity contribution < 1.29 is 19.4 Å². The molecule has 1 unspecified atom stereocenters. The van der Waals surface area contributed by atoms with Crippen LogP contribution in [0.5, 0.6) is 0 Å². The molecule has 0 amide bonds. The molecule has 1 saturated heterocycles. The van der Waals surface area contributed by atoms with Gasteiger partial charge in [-0.2, -0.15) is 0 Å². The standard InChI is InChI=1S/C24H32O5/c1-22-8-7-15(25)9-14(22)4-5-16-21(22)18(26)11-23(2)17(10-19-24(16,23)29-19)13-3-6-20(27)28-12-13/h3,6,12,14-19,21,25-26H,4-5,7-11H2,1-2H3/t14-,15+,16-,17-,18?,19-,21-,22+,23-,24-/m1/s1. The van der Waals surface area contributed by atoms with Crippen LogP contribution in [0.4, 0.5) is 0 Å². The highest BCUT2D eigenvalue weighted by Gasteiger charge is 2.81. The van der Waals surface area contributed by atoms with Gasteiger partial charge in [0.2, 0.25) is 0 Å². The Morgan fingerprint density at radius 1 is 1.10 bits per heavy atom. The van der Waals surface area contributed by atoms with Gasteiger partial charge in [-0.3, -0.25) is 0 Å². The van der Waals surface area contributed by atoms with E-state index in [1.54, 1.807) is 6.26 Å². The molecule has 0 radical (unpaired) electrons. The van der Waals surface area contributed by atoms with Crippen molar-refractivity contribution >= 4 is 0 Å². The molecule has 4 aliphatic carbocycles. The van der Waals surface area contributed by atoms with Crippen LogP contribution in [0.15, 0.2) is 27.6 Å². The number of aliphatic hydroxyl groups excluding tert-OH is 2. The van der Waals surface area contributed by atoms with Gasteiger partial charge in [0, 0.05) is 11.5 Å². The highest BCUT2D eigenvalue weighted by molar-refractivity contribution is 5.35. The molecule has 0 aromatic carbocycles. The summed E-state index contributed by atoms with van der Waals surface area (Å²) in [6.45, 7) is 4.67. The van der Waals surface area contributed by atoms with Gasteiger partial charge < -0.3 is 19.4 Å². The summed E-state index contributed by atoms with van der Waals surface area (Å²) in [6.07, 6.45) is 7.96. The van der Waals surface area contributed by atoms with Gasteiger partial charge in [0.05, 0.1) is 24.6 Å². The van der Waals surface area contributed by atoms with Crippen molar-refractivity contribution in [3.8, 4) is 0 Å². The van der Waals surface area contributed by atoms with Crippen LogP contribution in [-0.4, -0.2) is 34.1 Å². The third kappa shape index (κ3) is 2.19. The Balaban J connectivity index is 1.39. The van der Waals surface area contributed by atoms with Crippen LogP contribution in [-0.2, 0) is 4.74 Å². The molecule has 1 aromatic rings. The fraction of sp³-hybridized carbons (Fsp3) is 0.792. The van der Waals surface area contributed by atoms with Crippen molar-refractivity contribution in [2.24, 2.45) is 28.6 Å². The van der Waals surface area contributed by atoms with Gasteiger partial charge in [0.25, 0.3) is 0 Å². The van der Waals surface area contributed by atoms with Crippen LogP contribution >= 0.6 is 0 Å². The van der Waals surface area contributed by atoms with E-state index in [-0.39, 0.29) is 52.2 Å². The largest absolute Gasteiger partial charge is 0.431 e. The van der Waals surface area contributed by atoms with Crippen molar-refractivity contribution in [3.63, 3.8) is 0 Å². The van der Waals surface area contributed by atoms with Crippen LogP contribution in [0, 0.1) is 28.6 Å². The van der Waals surface area contributed by atoms with E-state index in [4.69, 9.17) is 9.15 Å². The van der Waals surface area contributed by atoms with Crippen molar-refractivity contribution in [1.29, 1.82) is 0 Å². The van der Waals surface area contributed by atoms with Gasteiger partial charge in [-0.05, 0) is 85.7 Å². The predicted molar refractivity (Wildman–Crippen MR) is 106 cm³/mol. The second-order valence-electron chi connectivity index (χ2n) is 11.1. The summed E-state index contributed by atoms with van der Waals surface area (Å²) in [5, 5.41) is 21.8. The van der Waals surface area contributed by atoms with E-state index in [9.17, 15) is 15.0 Å². The maximum absolute atomic E-state index is 11.5. The van der Waals surface area contributed by atoms with E-state index in [1.165, 1.54) is 6.07 Å². The zero-order valence-electron chi connectivity index (χ0n) is 17.3. The van der Waals surface area contributed by atoms with Crippen molar-refractivity contribution in [1.82, 2.24) is 0 Å². The van der Waals surface area contributed by atoms with Gasteiger partial charge in [0.1, 0.15) is 5.60 Å². The number of hydrogen-bond donors (Lipinski definition) is 2. The first-order valence-corrected chi connectivity index (χ1v) is 11.4. The normalized spacial score (nSPS) is 55.4. The van der Waals surface area contributed by atoms with Gasteiger partial charge in [0.15, 0.2) is 0 Å². The van der Waals surface area contributed by atoms with E-state index in [1.807, 2.05) is 6.07 Å². The number of rotatable bonds is 1. The maximum Gasteiger partial charge on any atom is 0.335 e. The predicted octanol–water partition coefficient (Wildman–Crippen LogP) is 3.23. The Kier molecular flexibility index (Phi) is 3.68. The minimum Gasteiger partial charge on any atom is -0.431 e. The van der Waals surface area contributed by atoms with Crippen molar-refractivity contribution in [2.45, 2.75) is 88.6 Å². The van der Waals surface area contributed by atoms with Gasteiger partial charge in [-0.1, -0.05) is 13.8 Å². The average molecular weight is 401 g/mol. The molecule has 10 atom stereocenters. The molecule has 6 rings (SSSR count). The number of epoxide rings is 1. The van der Waals surface area contributed by atoms with Gasteiger partial charge in [-0.15, -0.1) is 0 Å². The second-order valence-corrected chi connectivity index (χ2v) is 11.1. The monoisotopic (exact) mass is 400 g/mol. The molecule has 5 nitrogen and oxygen atoms in total. The van der Waals surface area contributed by atoms with Crippen LogP contribution in [0.2, 0.25) is 0 Å². The third-order valence-electron chi connectivity index (χ3n) is 10.1. The van der Waals surface area contributed by atoms with Crippen molar-refractivity contribution in [3.05, 3.63) is 34.4 Å². The second kappa shape index (κ2) is 5.74. The summed E-state index contributed by atoms with van der Waals surface area (Å²) in [6, 6.07) is 3.41. The summed E-state index contributed by atoms with van der Waals surface area (Å²) < 4.78 is 11.7. The lowest BCUT2D eigenvalue weighted by atomic mass is 9.43. The molecule has 5 aliphatic rings. The van der Waals surface area contributed by atoms with Gasteiger partial charge in [-0.25, -0.2) is 4.79 Å². The quantitative estimate of drug-likeness (QED) is 0.707. The van der Waals surface area contributed by atoms with Crippen molar-refractivity contribution in [2.75, 3.05) is 0 Å². The molecule has 0 bridgehead atoms. The van der Waals surface area contributed by atoms with Gasteiger partial charge >= 0.3 is 5.63 Å². The Morgan fingerprint density at radius 3 is 2.69 bits per heavy atom. The lowest BCUT2D eigenvalue weighted by Crippen LogP contribution is -2.63. The fourth-order valence-electron chi connectivity index (χ4n) is 8.85. The van der Waals surface area contributed by atoms with Crippen LogP contribution in [0.25, 0.3) is 0 Å².